The molecule has 4 nitrogen and oxygen atoms in total. The Morgan fingerprint density at radius 3 is 2.86 bits per heavy atom. The predicted octanol–water partition coefficient (Wildman–Crippen LogP) is 5.46. The van der Waals surface area contributed by atoms with Gasteiger partial charge >= 0.3 is 0 Å². The second-order valence-electron chi connectivity index (χ2n) is 4.48. The van der Waals surface area contributed by atoms with Gasteiger partial charge < -0.3 is 4.42 Å². The number of hydrogen-bond acceptors (Lipinski definition) is 5. The van der Waals surface area contributed by atoms with Gasteiger partial charge in [0.1, 0.15) is 11.5 Å². The van der Waals surface area contributed by atoms with E-state index in [1.54, 1.807) is 18.3 Å². The second-order valence-corrected chi connectivity index (χ2v) is 6.18. The molecule has 0 aliphatic carbocycles. The first-order valence-electron chi connectivity index (χ1n) is 6.38. The van der Waals surface area contributed by atoms with Crippen molar-refractivity contribution in [2.24, 2.45) is 5.10 Å². The Balaban J connectivity index is 1.72. The van der Waals surface area contributed by atoms with Crippen LogP contribution >= 0.6 is 34.5 Å². The summed E-state index contributed by atoms with van der Waals surface area (Å²) in [4.78, 5) is 4.44. The average molecular weight is 352 g/mol. The molecule has 0 aliphatic heterocycles. The monoisotopic (exact) mass is 351 g/mol. The Morgan fingerprint density at radius 2 is 2.14 bits per heavy atom. The molecule has 0 unspecified atom stereocenters. The predicted molar refractivity (Wildman–Crippen MR) is 92.2 cm³/mol. The highest BCUT2D eigenvalue weighted by atomic mass is 35.5. The third-order valence-electron chi connectivity index (χ3n) is 2.82. The summed E-state index contributed by atoms with van der Waals surface area (Å²) in [6.45, 7) is 1.88. The average Bonchev–Trinajstić information content (AvgIpc) is 3.08. The molecule has 0 atom stereocenters. The summed E-state index contributed by atoms with van der Waals surface area (Å²) < 4.78 is 5.39. The number of rotatable bonds is 4. The number of nitrogens with zero attached hydrogens (tertiary/aromatic N) is 2. The number of anilines is 1. The van der Waals surface area contributed by atoms with Crippen molar-refractivity contribution in [1.82, 2.24) is 4.98 Å². The molecule has 0 amide bonds. The molecule has 3 aromatic rings. The molecule has 1 aromatic carbocycles. The van der Waals surface area contributed by atoms with Gasteiger partial charge in [0.05, 0.1) is 16.9 Å². The fourth-order valence-electron chi connectivity index (χ4n) is 1.82. The molecular weight excluding hydrogens is 341 g/mol. The van der Waals surface area contributed by atoms with Gasteiger partial charge in [-0.25, -0.2) is 4.98 Å². The molecule has 0 fully saturated rings. The number of nitrogens with one attached hydrogen (secondary N) is 1. The molecule has 0 spiro atoms. The third-order valence-corrected chi connectivity index (χ3v) is 4.12. The van der Waals surface area contributed by atoms with Crippen molar-refractivity contribution in [3.8, 4) is 11.3 Å². The molecule has 22 heavy (non-hydrogen) atoms. The summed E-state index contributed by atoms with van der Waals surface area (Å²) in [5.41, 5.74) is 4.48. The normalized spacial score (nSPS) is 11.2. The van der Waals surface area contributed by atoms with E-state index in [0.29, 0.717) is 20.9 Å². The number of aryl methyl sites for hydroxylation is 1. The number of halogens is 2. The standard InChI is InChI=1S/C15H11Cl2N3OS/c1-9-2-4-11(21-9)7-18-20-15-19-14(8-22-15)12-5-3-10(16)6-13(12)17/h2-8H,1H3,(H,19,20). The number of hydrazone groups is 1. The summed E-state index contributed by atoms with van der Waals surface area (Å²) >= 11 is 13.5. The van der Waals surface area contributed by atoms with E-state index in [2.05, 4.69) is 15.5 Å². The molecular formula is C15H11Cl2N3OS. The maximum atomic E-state index is 6.18. The Morgan fingerprint density at radius 1 is 1.27 bits per heavy atom. The van der Waals surface area contributed by atoms with Crippen LogP contribution in [0.4, 0.5) is 5.13 Å². The molecule has 0 bridgehead atoms. The molecule has 112 valence electrons. The second kappa shape index (κ2) is 6.52. The SMILES string of the molecule is Cc1ccc(C=NNc2nc(-c3ccc(Cl)cc3Cl)cs2)o1. The minimum atomic E-state index is 0.568. The minimum absolute atomic E-state index is 0.568. The highest BCUT2D eigenvalue weighted by molar-refractivity contribution is 7.14. The van der Waals surface area contributed by atoms with Crippen LogP contribution in [0.3, 0.4) is 0 Å². The van der Waals surface area contributed by atoms with Crippen LogP contribution in [0.15, 0.2) is 45.2 Å². The Labute approximate surface area is 141 Å². The van der Waals surface area contributed by atoms with Crippen LogP contribution in [0.1, 0.15) is 11.5 Å². The smallest absolute Gasteiger partial charge is 0.203 e. The first-order valence-corrected chi connectivity index (χ1v) is 8.02. The number of hydrogen-bond donors (Lipinski definition) is 1. The molecule has 0 aliphatic rings. The highest BCUT2D eigenvalue weighted by Crippen LogP contribution is 2.32. The molecule has 0 saturated heterocycles. The van der Waals surface area contributed by atoms with E-state index in [1.807, 2.05) is 30.5 Å². The number of thiazole rings is 1. The van der Waals surface area contributed by atoms with Crippen LogP contribution in [-0.4, -0.2) is 11.2 Å². The zero-order valence-electron chi connectivity index (χ0n) is 11.5. The van der Waals surface area contributed by atoms with Crippen molar-refractivity contribution in [3.05, 3.63) is 57.3 Å². The topological polar surface area (TPSA) is 50.4 Å². The fourth-order valence-corrected chi connectivity index (χ4v) is 2.98. The van der Waals surface area contributed by atoms with Crippen LogP contribution in [0.5, 0.6) is 0 Å². The summed E-state index contributed by atoms with van der Waals surface area (Å²) in [5, 5.41) is 7.83. The van der Waals surface area contributed by atoms with Gasteiger partial charge in [0, 0.05) is 16.0 Å². The van der Waals surface area contributed by atoms with Gasteiger partial charge in [-0.3, -0.25) is 5.43 Å². The summed E-state index contributed by atoms with van der Waals surface area (Å²) in [5.74, 6) is 1.53. The molecule has 2 aromatic heterocycles. The van der Waals surface area contributed by atoms with E-state index in [9.17, 15) is 0 Å². The van der Waals surface area contributed by atoms with Gasteiger partial charge in [-0.1, -0.05) is 23.2 Å². The zero-order chi connectivity index (χ0) is 15.5. The maximum absolute atomic E-state index is 6.18. The Bertz CT molecular complexity index is 826. The summed E-state index contributed by atoms with van der Waals surface area (Å²) in [6.07, 6.45) is 1.60. The third kappa shape index (κ3) is 3.50. The minimum Gasteiger partial charge on any atom is -0.460 e. The molecule has 3 rings (SSSR count). The van der Waals surface area contributed by atoms with E-state index < -0.39 is 0 Å². The van der Waals surface area contributed by atoms with Gasteiger partial charge in [0.2, 0.25) is 5.13 Å². The van der Waals surface area contributed by atoms with Crippen LogP contribution in [-0.2, 0) is 0 Å². The molecule has 2 heterocycles. The van der Waals surface area contributed by atoms with Crippen molar-refractivity contribution in [2.45, 2.75) is 6.92 Å². The molecule has 0 radical (unpaired) electrons. The first kappa shape index (κ1) is 15.1. The lowest BCUT2D eigenvalue weighted by atomic mass is 10.2. The van der Waals surface area contributed by atoms with Crippen LogP contribution < -0.4 is 5.43 Å². The van der Waals surface area contributed by atoms with Crippen LogP contribution in [0, 0.1) is 6.92 Å². The number of aromatic nitrogens is 1. The molecule has 1 N–H and O–H groups in total. The van der Waals surface area contributed by atoms with E-state index >= 15 is 0 Å². The van der Waals surface area contributed by atoms with E-state index in [4.69, 9.17) is 27.6 Å². The van der Waals surface area contributed by atoms with Gasteiger partial charge in [-0.2, -0.15) is 5.10 Å². The molecule has 0 saturated carbocycles. The summed E-state index contributed by atoms with van der Waals surface area (Å²) in [7, 11) is 0. The van der Waals surface area contributed by atoms with Gasteiger partial charge in [0.15, 0.2) is 0 Å². The van der Waals surface area contributed by atoms with Crippen LogP contribution in [0.2, 0.25) is 10.0 Å². The van der Waals surface area contributed by atoms with Crippen molar-refractivity contribution >= 4 is 45.9 Å². The lowest BCUT2D eigenvalue weighted by Gasteiger charge is -2.00. The van der Waals surface area contributed by atoms with Crippen LogP contribution in [0.25, 0.3) is 11.3 Å². The largest absolute Gasteiger partial charge is 0.460 e. The van der Waals surface area contributed by atoms with Crippen molar-refractivity contribution < 1.29 is 4.42 Å². The van der Waals surface area contributed by atoms with Crippen molar-refractivity contribution in [2.75, 3.05) is 5.43 Å². The lowest BCUT2D eigenvalue weighted by Crippen LogP contribution is -1.89. The molecule has 7 heteroatoms. The number of benzene rings is 1. The Kier molecular flexibility index (Phi) is 4.47. The fraction of sp³-hybridized carbons (Fsp3) is 0.0667. The number of furan rings is 1. The highest BCUT2D eigenvalue weighted by Gasteiger charge is 2.08. The van der Waals surface area contributed by atoms with Gasteiger partial charge in [0.25, 0.3) is 0 Å². The zero-order valence-corrected chi connectivity index (χ0v) is 13.8. The van der Waals surface area contributed by atoms with Crippen molar-refractivity contribution in [3.63, 3.8) is 0 Å². The first-order chi connectivity index (χ1) is 10.6. The lowest BCUT2D eigenvalue weighted by molar-refractivity contribution is 0.528. The summed E-state index contributed by atoms with van der Waals surface area (Å²) in [6, 6.07) is 9.06. The quantitative estimate of drug-likeness (QED) is 0.501. The van der Waals surface area contributed by atoms with E-state index in [-0.39, 0.29) is 0 Å². The van der Waals surface area contributed by atoms with Gasteiger partial charge in [-0.15, -0.1) is 11.3 Å². The maximum Gasteiger partial charge on any atom is 0.203 e. The van der Waals surface area contributed by atoms with E-state index in [0.717, 1.165) is 17.0 Å². The van der Waals surface area contributed by atoms with E-state index in [1.165, 1.54) is 11.3 Å². The Hall–Kier alpha value is -1.82. The van der Waals surface area contributed by atoms with Gasteiger partial charge in [-0.05, 0) is 37.3 Å². The van der Waals surface area contributed by atoms with Crippen molar-refractivity contribution in [1.29, 1.82) is 0 Å².